The van der Waals surface area contributed by atoms with E-state index in [0.29, 0.717) is 28.6 Å². The average molecular weight is 287 g/mol. The molecule has 2 aromatic rings. The maximum atomic E-state index is 14.2. The number of benzene rings is 1. The summed E-state index contributed by atoms with van der Waals surface area (Å²) in [7, 11) is 0. The molecule has 6 heteroatoms. The Balaban J connectivity index is 1.87. The summed E-state index contributed by atoms with van der Waals surface area (Å²) in [6.07, 6.45) is 2.07. The first-order chi connectivity index (χ1) is 10.2. The van der Waals surface area contributed by atoms with Crippen LogP contribution in [0.1, 0.15) is 24.3 Å². The van der Waals surface area contributed by atoms with Gasteiger partial charge in [-0.15, -0.1) is 0 Å². The number of nitrogens with one attached hydrogen (secondary N) is 1. The van der Waals surface area contributed by atoms with Gasteiger partial charge in [0.1, 0.15) is 5.82 Å². The molecule has 0 amide bonds. The molecule has 0 unspecified atom stereocenters. The Kier molecular flexibility index (Phi) is 2.92. The first-order valence-electron chi connectivity index (χ1n) is 7.45. The number of fused-ring (bicyclic) bond motifs is 1. The van der Waals surface area contributed by atoms with Gasteiger partial charge >= 0.3 is 0 Å². The summed E-state index contributed by atoms with van der Waals surface area (Å²) in [5.74, 6) is 1.24. The molecule has 110 valence electrons. The summed E-state index contributed by atoms with van der Waals surface area (Å²) < 4.78 is 14.2. The molecule has 0 atom stereocenters. The fraction of sp³-hybridized carbons (Fsp3) is 0.467. The lowest BCUT2D eigenvalue weighted by atomic mass is 10.1. The van der Waals surface area contributed by atoms with E-state index >= 15 is 0 Å². The minimum absolute atomic E-state index is 0.171. The molecular formula is C15H18FN5. The average Bonchev–Trinajstić information content (AvgIpc) is 3.32. The summed E-state index contributed by atoms with van der Waals surface area (Å²) in [4.78, 5) is 11.3. The van der Waals surface area contributed by atoms with E-state index in [4.69, 9.17) is 10.7 Å². The van der Waals surface area contributed by atoms with Crippen molar-refractivity contribution >= 4 is 22.7 Å². The van der Waals surface area contributed by atoms with E-state index < -0.39 is 0 Å². The topological polar surface area (TPSA) is 67.1 Å². The predicted molar refractivity (Wildman–Crippen MR) is 81.0 cm³/mol. The lowest BCUT2D eigenvalue weighted by molar-refractivity contribution is 0.585. The highest BCUT2D eigenvalue weighted by atomic mass is 19.1. The molecule has 0 bridgehead atoms. The van der Waals surface area contributed by atoms with E-state index in [2.05, 4.69) is 15.2 Å². The zero-order valence-corrected chi connectivity index (χ0v) is 11.8. The molecule has 21 heavy (non-hydrogen) atoms. The van der Waals surface area contributed by atoms with Gasteiger partial charge in [-0.3, -0.25) is 0 Å². The molecule has 5 nitrogen and oxygen atoms in total. The van der Waals surface area contributed by atoms with Crippen molar-refractivity contribution in [3.8, 4) is 0 Å². The lowest BCUT2D eigenvalue weighted by Gasteiger charge is -2.29. The van der Waals surface area contributed by atoms with Crippen molar-refractivity contribution in [2.75, 3.05) is 36.8 Å². The largest absolute Gasteiger partial charge is 0.381 e. The second-order valence-corrected chi connectivity index (χ2v) is 5.77. The van der Waals surface area contributed by atoms with Crippen LogP contribution in [0.15, 0.2) is 12.1 Å². The van der Waals surface area contributed by atoms with Crippen LogP contribution in [0.3, 0.4) is 0 Å². The fourth-order valence-corrected chi connectivity index (χ4v) is 2.99. The number of piperazine rings is 1. The third-order valence-corrected chi connectivity index (χ3v) is 4.23. The third kappa shape index (κ3) is 2.19. The molecule has 1 aromatic carbocycles. The van der Waals surface area contributed by atoms with Gasteiger partial charge in [0.2, 0.25) is 0 Å². The summed E-state index contributed by atoms with van der Waals surface area (Å²) >= 11 is 0. The van der Waals surface area contributed by atoms with E-state index in [9.17, 15) is 4.39 Å². The van der Waals surface area contributed by atoms with E-state index in [1.165, 1.54) is 6.07 Å². The Bertz CT molecular complexity index is 692. The van der Waals surface area contributed by atoms with E-state index in [-0.39, 0.29) is 5.82 Å². The normalized spacial score (nSPS) is 19.2. The summed E-state index contributed by atoms with van der Waals surface area (Å²) in [5.41, 5.74) is 8.16. The Morgan fingerprint density at radius 2 is 1.95 bits per heavy atom. The Morgan fingerprint density at radius 1 is 1.19 bits per heavy atom. The molecule has 1 saturated carbocycles. The quantitative estimate of drug-likeness (QED) is 0.879. The van der Waals surface area contributed by atoms with Gasteiger partial charge in [-0.1, -0.05) is 0 Å². The molecule has 3 N–H and O–H groups in total. The monoisotopic (exact) mass is 287 g/mol. The number of nitrogens with zero attached hydrogens (tertiary/aromatic N) is 3. The molecule has 1 aliphatic carbocycles. The molecular weight excluding hydrogens is 269 g/mol. The molecule has 2 aliphatic rings. The Labute approximate surface area is 122 Å². The van der Waals surface area contributed by atoms with Crippen LogP contribution >= 0.6 is 0 Å². The highest BCUT2D eigenvalue weighted by molar-refractivity contribution is 5.83. The second kappa shape index (κ2) is 4.80. The number of hydrogen-bond donors (Lipinski definition) is 2. The van der Waals surface area contributed by atoms with Crippen molar-refractivity contribution in [1.82, 2.24) is 15.3 Å². The highest BCUT2D eigenvalue weighted by Crippen LogP contribution is 2.44. The minimum atomic E-state index is -0.171. The smallest absolute Gasteiger partial charge is 0.172 e. The zero-order valence-electron chi connectivity index (χ0n) is 11.8. The van der Waals surface area contributed by atoms with Gasteiger partial charge in [-0.2, -0.15) is 0 Å². The number of halogens is 1. The number of nitrogens with two attached hydrogens (primary N) is 1. The first-order valence-corrected chi connectivity index (χ1v) is 7.45. The van der Waals surface area contributed by atoms with Crippen molar-refractivity contribution in [2.45, 2.75) is 18.8 Å². The lowest BCUT2D eigenvalue weighted by Crippen LogP contribution is -2.44. The SMILES string of the molecule is Nc1nc2ccc(F)c(C3CC3)c2nc1N1CCNCC1. The van der Waals surface area contributed by atoms with Gasteiger partial charge in [0, 0.05) is 31.7 Å². The Hall–Kier alpha value is -1.95. The first kappa shape index (κ1) is 12.8. The van der Waals surface area contributed by atoms with Gasteiger partial charge in [0.05, 0.1) is 11.0 Å². The van der Waals surface area contributed by atoms with E-state index in [1.54, 1.807) is 6.07 Å². The maximum Gasteiger partial charge on any atom is 0.172 e. The van der Waals surface area contributed by atoms with Gasteiger partial charge in [0.15, 0.2) is 11.6 Å². The molecule has 1 aromatic heterocycles. The van der Waals surface area contributed by atoms with Crippen LogP contribution in [0.2, 0.25) is 0 Å². The minimum Gasteiger partial charge on any atom is -0.381 e. The van der Waals surface area contributed by atoms with Crippen molar-refractivity contribution < 1.29 is 4.39 Å². The van der Waals surface area contributed by atoms with Crippen molar-refractivity contribution in [1.29, 1.82) is 0 Å². The van der Waals surface area contributed by atoms with Crippen LogP contribution in [0.4, 0.5) is 16.0 Å². The molecule has 0 radical (unpaired) electrons. The molecule has 1 aliphatic heterocycles. The maximum absolute atomic E-state index is 14.2. The molecule has 2 heterocycles. The third-order valence-electron chi connectivity index (χ3n) is 4.23. The van der Waals surface area contributed by atoms with E-state index in [0.717, 1.165) is 44.6 Å². The van der Waals surface area contributed by atoms with Crippen LogP contribution < -0.4 is 16.0 Å². The zero-order chi connectivity index (χ0) is 14.4. The van der Waals surface area contributed by atoms with Crippen LogP contribution in [0.25, 0.3) is 11.0 Å². The number of anilines is 2. The van der Waals surface area contributed by atoms with Gasteiger partial charge in [-0.25, -0.2) is 14.4 Å². The van der Waals surface area contributed by atoms with Crippen LogP contribution in [-0.2, 0) is 0 Å². The number of nitrogen functional groups attached to an aromatic ring is 1. The molecule has 2 fully saturated rings. The van der Waals surface area contributed by atoms with Crippen LogP contribution in [-0.4, -0.2) is 36.1 Å². The molecule has 0 spiro atoms. The molecule has 4 rings (SSSR count). The van der Waals surface area contributed by atoms with Crippen molar-refractivity contribution in [3.63, 3.8) is 0 Å². The van der Waals surface area contributed by atoms with Crippen molar-refractivity contribution in [2.24, 2.45) is 0 Å². The van der Waals surface area contributed by atoms with Crippen LogP contribution in [0, 0.1) is 5.82 Å². The Morgan fingerprint density at radius 3 is 2.67 bits per heavy atom. The van der Waals surface area contributed by atoms with Crippen molar-refractivity contribution in [3.05, 3.63) is 23.5 Å². The van der Waals surface area contributed by atoms with Crippen LogP contribution in [0.5, 0.6) is 0 Å². The second-order valence-electron chi connectivity index (χ2n) is 5.77. The van der Waals surface area contributed by atoms with Gasteiger partial charge in [0.25, 0.3) is 0 Å². The fourth-order valence-electron chi connectivity index (χ4n) is 2.99. The summed E-state index contributed by atoms with van der Waals surface area (Å²) in [6, 6.07) is 3.15. The predicted octanol–water partition coefficient (Wildman–Crippen LogP) is 1.64. The molecule has 1 saturated heterocycles. The summed E-state index contributed by atoms with van der Waals surface area (Å²) in [6.45, 7) is 3.49. The number of hydrogen-bond acceptors (Lipinski definition) is 5. The number of rotatable bonds is 2. The summed E-state index contributed by atoms with van der Waals surface area (Å²) in [5, 5.41) is 3.30. The van der Waals surface area contributed by atoms with E-state index in [1.807, 2.05) is 0 Å². The van der Waals surface area contributed by atoms with Gasteiger partial charge < -0.3 is 16.0 Å². The standard InChI is InChI=1S/C15H18FN5/c16-10-3-4-11-13(12(10)9-1-2-9)20-15(14(17)19-11)21-7-5-18-6-8-21/h3-4,9,18H,1-2,5-8H2,(H2,17,19). The highest BCUT2D eigenvalue weighted by Gasteiger charge is 2.30. The number of aromatic nitrogens is 2. The van der Waals surface area contributed by atoms with Gasteiger partial charge in [-0.05, 0) is 30.9 Å².